The van der Waals surface area contributed by atoms with E-state index in [0.29, 0.717) is 23.5 Å². The van der Waals surface area contributed by atoms with Crippen molar-refractivity contribution >= 4 is 16.8 Å². The van der Waals surface area contributed by atoms with Crippen LogP contribution >= 0.6 is 0 Å². The molecule has 0 bridgehead atoms. The van der Waals surface area contributed by atoms with E-state index in [9.17, 15) is 4.79 Å². The lowest BCUT2D eigenvalue weighted by molar-refractivity contribution is 0.0933. The van der Waals surface area contributed by atoms with Crippen LogP contribution in [0.2, 0.25) is 0 Å². The monoisotopic (exact) mass is 287 g/mol. The van der Waals surface area contributed by atoms with Crippen molar-refractivity contribution < 1.29 is 13.9 Å². The molecular weight excluding hydrogens is 266 g/mol. The highest BCUT2D eigenvalue weighted by Crippen LogP contribution is 2.29. The van der Waals surface area contributed by atoms with E-state index in [0.717, 1.165) is 25.0 Å². The Morgan fingerprint density at radius 1 is 1.29 bits per heavy atom. The molecule has 0 amide bonds. The van der Waals surface area contributed by atoms with Crippen molar-refractivity contribution in [2.45, 2.75) is 25.7 Å². The third-order valence-electron chi connectivity index (χ3n) is 4.11. The van der Waals surface area contributed by atoms with Crippen LogP contribution in [-0.2, 0) is 0 Å². The van der Waals surface area contributed by atoms with Crippen LogP contribution in [-0.4, -0.2) is 37.4 Å². The van der Waals surface area contributed by atoms with Gasteiger partial charge >= 0.3 is 0 Å². The lowest BCUT2D eigenvalue weighted by Crippen LogP contribution is -2.31. The number of furan rings is 1. The molecule has 0 saturated carbocycles. The van der Waals surface area contributed by atoms with E-state index in [1.807, 2.05) is 24.3 Å². The number of benzene rings is 1. The fourth-order valence-corrected chi connectivity index (χ4v) is 2.90. The van der Waals surface area contributed by atoms with Gasteiger partial charge in [0.2, 0.25) is 0 Å². The van der Waals surface area contributed by atoms with Gasteiger partial charge in [-0.1, -0.05) is 18.6 Å². The number of hydrogen-bond acceptors (Lipinski definition) is 4. The molecule has 21 heavy (non-hydrogen) atoms. The van der Waals surface area contributed by atoms with Crippen LogP contribution in [0.3, 0.4) is 0 Å². The standard InChI is InChI=1S/C17H21NO3/c1-20-15-7-5-6-13-12-16(21-17(13)15)14(19)8-11-18-9-3-2-4-10-18/h5-7,12H,2-4,8-11H2,1H3. The van der Waals surface area contributed by atoms with Gasteiger partial charge in [-0.25, -0.2) is 0 Å². The summed E-state index contributed by atoms with van der Waals surface area (Å²) in [5.74, 6) is 1.17. The maximum Gasteiger partial charge on any atom is 0.199 e. The molecule has 0 unspecified atom stereocenters. The Morgan fingerprint density at radius 3 is 2.86 bits per heavy atom. The predicted octanol–water partition coefficient (Wildman–Crippen LogP) is 3.50. The van der Waals surface area contributed by atoms with E-state index in [4.69, 9.17) is 9.15 Å². The van der Waals surface area contributed by atoms with Crippen LogP contribution < -0.4 is 4.74 Å². The van der Waals surface area contributed by atoms with Gasteiger partial charge in [-0.2, -0.15) is 0 Å². The number of Topliss-reactive ketones (excluding diaryl/α,β-unsaturated/α-hetero) is 1. The molecule has 2 heterocycles. The van der Waals surface area contributed by atoms with Gasteiger partial charge < -0.3 is 14.1 Å². The van der Waals surface area contributed by atoms with Crippen molar-refractivity contribution in [2.24, 2.45) is 0 Å². The molecule has 1 aromatic carbocycles. The van der Waals surface area contributed by atoms with Gasteiger partial charge in [-0.05, 0) is 38.1 Å². The largest absolute Gasteiger partial charge is 0.493 e. The van der Waals surface area contributed by atoms with Gasteiger partial charge in [0.1, 0.15) is 0 Å². The number of ether oxygens (including phenoxy) is 1. The van der Waals surface area contributed by atoms with Gasteiger partial charge in [0.05, 0.1) is 7.11 Å². The molecule has 1 fully saturated rings. The van der Waals surface area contributed by atoms with Crippen LogP contribution in [0.1, 0.15) is 36.2 Å². The van der Waals surface area contributed by atoms with E-state index < -0.39 is 0 Å². The minimum atomic E-state index is 0.0684. The molecular formula is C17H21NO3. The minimum Gasteiger partial charge on any atom is -0.493 e. The molecule has 1 saturated heterocycles. The topological polar surface area (TPSA) is 42.7 Å². The van der Waals surface area contributed by atoms with Crippen molar-refractivity contribution in [2.75, 3.05) is 26.7 Å². The highest BCUT2D eigenvalue weighted by atomic mass is 16.5. The van der Waals surface area contributed by atoms with E-state index in [2.05, 4.69) is 4.90 Å². The molecule has 0 radical (unpaired) electrons. The van der Waals surface area contributed by atoms with Crippen molar-refractivity contribution in [1.29, 1.82) is 0 Å². The highest BCUT2D eigenvalue weighted by Gasteiger charge is 2.17. The second kappa shape index (κ2) is 6.31. The van der Waals surface area contributed by atoms with Gasteiger partial charge in [-0.15, -0.1) is 0 Å². The van der Waals surface area contributed by atoms with Gasteiger partial charge in [-0.3, -0.25) is 4.79 Å². The minimum absolute atomic E-state index is 0.0684. The molecule has 4 heteroatoms. The maximum absolute atomic E-state index is 12.3. The van der Waals surface area contributed by atoms with Crippen LogP contribution in [0.5, 0.6) is 5.75 Å². The van der Waals surface area contributed by atoms with Crippen LogP contribution in [0.25, 0.3) is 11.0 Å². The summed E-state index contributed by atoms with van der Waals surface area (Å²) in [6, 6.07) is 7.49. The van der Waals surface area contributed by atoms with Crippen LogP contribution in [0, 0.1) is 0 Å². The van der Waals surface area contributed by atoms with Crippen LogP contribution in [0.15, 0.2) is 28.7 Å². The first-order chi connectivity index (χ1) is 10.3. The second-order valence-corrected chi connectivity index (χ2v) is 5.56. The van der Waals surface area contributed by atoms with E-state index in [-0.39, 0.29) is 5.78 Å². The third-order valence-corrected chi connectivity index (χ3v) is 4.11. The summed E-state index contributed by atoms with van der Waals surface area (Å²) < 4.78 is 11.0. The molecule has 1 aliphatic heterocycles. The number of hydrogen-bond donors (Lipinski definition) is 0. The SMILES string of the molecule is COc1cccc2cc(C(=O)CCN3CCCCC3)oc12. The summed E-state index contributed by atoms with van der Waals surface area (Å²) in [5, 5.41) is 0.913. The molecule has 1 aromatic heterocycles. The van der Waals surface area contributed by atoms with E-state index in [1.54, 1.807) is 7.11 Å². The lowest BCUT2D eigenvalue weighted by atomic mass is 10.1. The maximum atomic E-state index is 12.3. The number of rotatable bonds is 5. The number of para-hydroxylation sites is 1. The van der Waals surface area contributed by atoms with Crippen molar-refractivity contribution in [3.63, 3.8) is 0 Å². The summed E-state index contributed by atoms with van der Waals surface area (Å²) in [4.78, 5) is 14.7. The average Bonchev–Trinajstić information content (AvgIpc) is 2.97. The molecule has 4 nitrogen and oxygen atoms in total. The van der Waals surface area contributed by atoms with Gasteiger partial charge in [0, 0.05) is 18.4 Å². The molecule has 2 aromatic rings. The first-order valence-corrected chi connectivity index (χ1v) is 7.60. The third kappa shape index (κ3) is 3.10. The summed E-state index contributed by atoms with van der Waals surface area (Å²) >= 11 is 0. The van der Waals surface area contributed by atoms with Gasteiger partial charge in [0.25, 0.3) is 0 Å². The number of piperidine rings is 1. The number of methoxy groups -OCH3 is 1. The summed E-state index contributed by atoms with van der Waals surface area (Å²) in [5.41, 5.74) is 0.654. The Morgan fingerprint density at radius 2 is 2.10 bits per heavy atom. The molecule has 0 aliphatic carbocycles. The zero-order chi connectivity index (χ0) is 14.7. The zero-order valence-electron chi connectivity index (χ0n) is 12.4. The molecule has 3 rings (SSSR count). The van der Waals surface area contributed by atoms with Gasteiger partial charge in [0.15, 0.2) is 22.9 Å². The second-order valence-electron chi connectivity index (χ2n) is 5.56. The number of carbonyl (C=O) groups is 1. The zero-order valence-corrected chi connectivity index (χ0v) is 12.4. The van der Waals surface area contributed by atoms with Crippen molar-refractivity contribution in [3.05, 3.63) is 30.0 Å². The molecule has 112 valence electrons. The normalized spacial score (nSPS) is 16.2. The Bertz CT molecular complexity index is 626. The Balaban J connectivity index is 1.69. The molecule has 1 aliphatic rings. The van der Waals surface area contributed by atoms with Crippen molar-refractivity contribution in [3.8, 4) is 5.75 Å². The first-order valence-electron chi connectivity index (χ1n) is 7.60. The number of carbonyl (C=O) groups excluding carboxylic acids is 1. The smallest absolute Gasteiger partial charge is 0.199 e. The van der Waals surface area contributed by atoms with Crippen LogP contribution in [0.4, 0.5) is 0 Å². The predicted molar refractivity (Wildman–Crippen MR) is 82.0 cm³/mol. The van der Waals surface area contributed by atoms with E-state index >= 15 is 0 Å². The number of fused-ring (bicyclic) bond motifs is 1. The number of likely N-dealkylation sites (tertiary alicyclic amines) is 1. The quantitative estimate of drug-likeness (QED) is 0.789. The molecule has 0 atom stereocenters. The molecule has 0 N–H and O–H groups in total. The van der Waals surface area contributed by atoms with Crippen molar-refractivity contribution in [1.82, 2.24) is 4.90 Å². The summed E-state index contributed by atoms with van der Waals surface area (Å²) in [7, 11) is 1.61. The Labute approximate surface area is 124 Å². The molecule has 0 spiro atoms. The summed E-state index contributed by atoms with van der Waals surface area (Å²) in [6.45, 7) is 3.05. The Hall–Kier alpha value is -1.81. The number of ketones is 1. The first kappa shape index (κ1) is 14.1. The fourth-order valence-electron chi connectivity index (χ4n) is 2.90. The van der Waals surface area contributed by atoms with E-state index in [1.165, 1.54) is 19.3 Å². The lowest BCUT2D eigenvalue weighted by Gasteiger charge is -2.25. The summed E-state index contributed by atoms with van der Waals surface area (Å²) in [6.07, 6.45) is 4.32. The highest BCUT2D eigenvalue weighted by molar-refractivity contribution is 5.98. The number of nitrogens with zero attached hydrogens (tertiary/aromatic N) is 1. The average molecular weight is 287 g/mol. The fraction of sp³-hybridized carbons (Fsp3) is 0.471. The Kier molecular flexibility index (Phi) is 4.25.